The van der Waals surface area contributed by atoms with E-state index in [0.29, 0.717) is 6.54 Å². The van der Waals surface area contributed by atoms with Gasteiger partial charge in [-0.1, -0.05) is 20.8 Å². The first kappa shape index (κ1) is 13.9. The van der Waals surface area contributed by atoms with Crippen molar-refractivity contribution < 1.29 is 5.11 Å². The largest absolute Gasteiger partial charge is 0.396 e. The smallest absolute Gasteiger partial charge is 0.0489 e. The van der Waals surface area contributed by atoms with Crippen molar-refractivity contribution in [1.29, 1.82) is 0 Å². The number of hydrogen-bond acceptors (Lipinski definition) is 3. The van der Waals surface area contributed by atoms with Gasteiger partial charge in [-0.15, -0.1) is 0 Å². The third-order valence-corrected chi connectivity index (χ3v) is 3.59. The number of aliphatic hydroxyl groups excluding tert-OH is 1. The minimum absolute atomic E-state index is 0.0347. The van der Waals surface area contributed by atoms with E-state index in [4.69, 9.17) is 5.73 Å². The Balaban J connectivity index is 4.72. The fourth-order valence-electron chi connectivity index (χ4n) is 2.24. The van der Waals surface area contributed by atoms with E-state index in [1.54, 1.807) is 0 Å². The standard InChI is InChI=1S/C11H26N2O/c1-5-11(4,10(8-12)9-14)13(6-2)7-3/h10,14H,5-9,12H2,1-4H3. The first-order valence-electron chi connectivity index (χ1n) is 5.66. The van der Waals surface area contributed by atoms with E-state index >= 15 is 0 Å². The van der Waals surface area contributed by atoms with Crippen LogP contribution in [0.2, 0.25) is 0 Å². The molecule has 0 amide bonds. The zero-order valence-electron chi connectivity index (χ0n) is 10.1. The van der Waals surface area contributed by atoms with Gasteiger partial charge in [-0.05, 0) is 33.0 Å². The Hall–Kier alpha value is -0.120. The van der Waals surface area contributed by atoms with Crippen molar-refractivity contribution >= 4 is 0 Å². The predicted octanol–water partition coefficient (Wildman–Crippen LogP) is 1.06. The molecule has 0 radical (unpaired) electrons. The summed E-state index contributed by atoms with van der Waals surface area (Å²) in [6.07, 6.45) is 1.02. The zero-order valence-corrected chi connectivity index (χ0v) is 10.1. The van der Waals surface area contributed by atoms with E-state index in [0.717, 1.165) is 19.5 Å². The highest BCUT2D eigenvalue weighted by atomic mass is 16.3. The van der Waals surface area contributed by atoms with E-state index in [1.165, 1.54) is 0 Å². The molecule has 0 aromatic rings. The lowest BCUT2D eigenvalue weighted by atomic mass is 9.82. The van der Waals surface area contributed by atoms with Gasteiger partial charge in [-0.3, -0.25) is 4.90 Å². The van der Waals surface area contributed by atoms with Crippen molar-refractivity contribution in [1.82, 2.24) is 4.90 Å². The number of aliphatic hydroxyl groups is 1. The molecule has 86 valence electrons. The van der Waals surface area contributed by atoms with E-state index < -0.39 is 0 Å². The second kappa shape index (κ2) is 6.38. The molecule has 0 saturated heterocycles. The molecule has 3 heteroatoms. The fourth-order valence-corrected chi connectivity index (χ4v) is 2.24. The summed E-state index contributed by atoms with van der Waals surface area (Å²) >= 11 is 0. The Morgan fingerprint density at radius 3 is 2.00 bits per heavy atom. The number of nitrogens with two attached hydrogens (primary N) is 1. The van der Waals surface area contributed by atoms with Gasteiger partial charge in [0.25, 0.3) is 0 Å². The molecule has 0 aromatic heterocycles. The summed E-state index contributed by atoms with van der Waals surface area (Å²) in [6, 6.07) is 0. The van der Waals surface area contributed by atoms with Crippen LogP contribution in [-0.4, -0.2) is 41.8 Å². The van der Waals surface area contributed by atoms with Crippen LogP contribution in [0.5, 0.6) is 0 Å². The molecule has 2 unspecified atom stereocenters. The van der Waals surface area contributed by atoms with Crippen LogP contribution in [0.3, 0.4) is 0 Å². The minimum Gasteiger partial charge on any atom is -0.396 e. The first-order chi connectivity index (χ1) is 6.60. The summed E-state index contributed by atoms with van der Waals surface area (Å²) in [5, 5.41) is 9.33. The Bertz CT molecular complexity index is 130. The second-order valence-electron chi connectivity index (χ2n) is 4.00. The molecule has 0 heterocycles. The summed E-state index contributed by atoms with van der Waals surface area (Å²) < 4.78 is 0. The summed E-state index contributed by atoms with van der Waals surface area (Å²) in [5.41, 5.74) is 5.74. The van der Waals surface area contributed by atoms with Crippen LogP contribution >= 0.6 is 0 Å². The Labute approximate surface area is 88.3 Å². The van der Waals surface area contributed by atoms with Crippen molar-refractivity contribution in [2.24, 2.45) is 11.7 Å². The average Bonchev–Trinajstić information content (AvgIpc) is 2.21. The second-order valence-corrected chi connectivity index (χ2v) is 4.00. The number of rotatable bonds is 7. The Kier molecular flexibility index (Phi) is 6.33. The molecule has 0 spiro atoms. The molecule has 3 nitrogen and oxygen atoms in total. The molecule has 0 aliphatic rings. The Morgan fingerprint density at radius 2 is 1.79 bits per heavy atom. The fraction of sp³-hybridized carbons (Fsp3) is 1.00. The third-order valence-electron chi connectivity index (χ3n) is 3.59. The molecule has 2 atom stereocenters. The quantitative estimate of drug-likeness (QED) is 0.649. The van der Waals surface area contributed by atoms with Gasteiger partial charge < -0.3 is 10.8 Å². The molecular formula is C11H26N2O. The van der Waals surface area contributed by atoms with Gasteiger partial charge in [0.15, 0.2) is 0 Å². The molecule has 0 bridgehead atoms. The summed E-state index contributed by atoms with van der Waals surface area (Å²) in [4.78, 5) is 2.39. The van der Waals surface area contributed by atoms with Crippen molar-refractivity contribution in [3.63, 3.8) is 0 Å². The van der Waals surface area contributed by atoms with Gasteiger partial charge in [0.2, 0.25) is 0 Å². The van der Waals surface area contributed by atoms with Gasteiger partial charge in [0.1, 0.15) is 0 Å². The number of nitrogens with zero attached hydrogens (tertiary/aromatic N) is 1. The van der Waals surface area contributed by atoms with Gasteiger partial charge in [0.05, 0.1) is 0 Å². The van der Waals surface area contributed by atoms with Crippen molar-refractivity contribution in [2.45, 2.75) is 39.7 Å². The summed E-state index contributed by atoms with van der Waals surface area (Å²) in [5.74, 6) is 0.174. The van der Waals surface area contributed by atoms with Crippen LogP contribution in [0.25, 0.3) is 0 Å². The normalized spacial score (nSPS) is 18.2. The molecule has 0 aromatic carbocycles. The monoisotopic (exact) mass is 202 g/mol. The van der Waals surface area contributed by atoms with E-state index in [-0.39, 0.29) is 18.1 Å². The van der Waals surface area contributed by atoms with Crippen molar-refractivity contribution in [3.8, 4) is 0 Å². The van der Waals surface area contributed by atoms with E-state index in [9.17, 15) is 5.11 Å². The molecule has 0 rings (SSSR count). The topological polar surface area (TPSA) is 49.5 Å². The van der Waals surface area contributed by atoms with Gasteiger partial charge in [-0.2, -0.15) is 0 Å². The molecule has 0 saturated carbocycles. The van der Waals surface area contributed by atoms with Crippen molar-refractivity contribution in [3.05, 3.63) is 0 Å². The highest BCUT2D eigenvalue weighted by molar-refractivity contribution is 4.91. The van der Waals surface area contributed by atoms with Gasteiger partial charge >= 0.3 is 0 Å². The van der Waals surface area contributed by atoms with Crippen LogP contribution in [-0.2, 0) is 0 Å². The molecular weight excluding hydrogens is 176 g/mol. The summed E-state index contributed by atoms with van der Waals surface area (Å²) in [7, 11) is 0. The predicted molar refractivity (Wildman–Crippen MR) is 61.2 cm³/mol. The van der Waals surface area contributed by atoms with Crippen LogP contribution in [0.1, 0.15) is 34.1 Å². The number of hydrogen-bond donors (Lipinski definition) is 2. The molecule has 3 N–H and O–H groups in total. The molecule has 0 aliphatic heterocycles. The lowest BCUT2D eigenvalue weighted by Crippen LogP contribution is -2.54. The van der Waals surface area contributed by atoms with Crippen molar-refractivity contribution in [2.75, 3.05) is 26.2 Å². The summed E-state index contributed by atoms with van der Waals surface area (Å²) in [6.45, 7) is 11.4. The van der Waals surface area contributed by atoms with Gasteiger partial charge in [-0.25, -0.2) is 0 Å². The maximum Gasteiger partial charge on any atom is 0.0489 e. The highest BCUT2D eigenvalue weighted by Crippen LogP contribution is 2.27. The minimum atomic E-state index is 0.0347. The third kappa shape index (κ3) is 2.69. The molecule has 0 fully saturated rings. The van der Waals surface area contributed by atoms with E-state index in [2.05, 4.69) is 32.6 Å². The van der Waals surface area contributed by atoms with Crippen LogP contribution in [0.4, 0.5) is 0 Å². The van der Waals surface area contributed by atoms with Gasteiger partial charge in [0, 0.05) is 18.1 Å². The Morgan fingerprint density at radius 1 is 1.29 bits per heavy atom. The molecule has 0 aliphatic carbocycles. The van der Waals surface area contributed by atoms with Crippen LogP contribution < -0.4 is 5.73 Å². The average molecular weight is 202 g/mol. The maximum absolute atomic E-state index is 9.33. The van der Waals surface area contributed by atoms with Crippen LogP contribution in [0, 0.1) is 5.92 Å². The van der Waals surface area contributed by atoms with Crippen LogP contribution in [0.15, 0.2) is 0 Å². The lowest BCUT2D eigenvalue weighted by molar-refractivity contribution is 0.0259. The highest BCUT2D eigenvalue weighted by Gasteiger charge is 2.35. The zero-order chi connectivity index (χ0) is 11.2. The maximum atomic E-state index is 9.33. The molecule has 14 heavy (non-hydrogen) atoms. The SMILES string of the molecule is CCN(CC)C(C)(CC)C(CN)CO. The first-order valence-corrected chi connectivity index (χ1v) is 5.66. The lowest BCUT2D eigenvalue weighted by Gasteiger charge is -2.44. The van der Waals surface area contributed by atoms with E-state index in [1.807, 2.05) is 0 Å².